The van der Waals surface area contributed by atoms with Gasteiger partial charge < -0.3 is 5.11 Å². The highest BCUT2D eigenvalue weighted by Crippen LogP contribution is 2.12. The number of hydrogen-bond donors (Lipinski definition) is 1. The van der Waals surface area contributed by atoms with E-state index in [4.69, 9.17) is 5.11 Å². The van der Waals surface area contributed by atoms with Crippen LogP contribution in [-0.2, 0) is 12.8 Å². The zero-order valence-electron chi connectivity index (χ0n) is 9.13. The molecule has 0 bridgehead atoms. The van der Waals surface area contributed by atoms with Gasteiger partial charge in [0.2, 0.25) is 0 Å². The number of phenolic OH excluding ortho intramolecular Hbond substituents is 1. The Hall–Kier alpha value is -1.76. The summed E-state index contributed by atoms with van der Waals surface area (Å²) in [5.41, 5.74) is 2.56. The summed E-state index contributed by atoms with van der Waals surface area (Å²) in [5.74, 6) is 0.326. The molecule has 0 amide bonds. The Kier molecular flexibility index (Phi) is 3.60. The van der Waals surface area contributed by atoms with Crippen molar-refractivity contribution in [2.75, 3.05) is 0 Å². The maximum Gasteiger partial charge on any atom is 0.115 e. The van der Waals surface area contributed by atoms with Gasteiger partial charge in [-0.3, -0.25) is 0 Å². The quantitative estimate of drug-likeness (QED) is 0.822. The first-order chi connectivity index (χ1) is 7.84. The first-order valence-electron chi connectivity index (χ1n) is 5.48. The maximum atomic E-state index is 9.15. The molecule has 0 aromatic heterocycles. The van der Waals surface area contributed by atoms with Crippen molar-refractivity contribution in [2.24, 2.45) is 0 Å². The van der Waals surface area contributed by atoms with Crippen LogP contribution in [0.1, 0.15) is 11.1 Å². The molecule has 0 saturated heterocycles. The molecule has 2 aromatic carbocycles. The molecule has 2 rings (SSSR count). The summed E-state index contributed by atoms with van der Waals surface area (Å²) in [6.45, 7) is 0. The lowest BCUT2D eigenvalue weighted by Gasteiger charge is -2.02. The van der Waals surface area contributed by atoms with Crippen molar-refractivity contribution in [1.82, 2.24) is 0 Å². The van der Waals surface area contributed by atoms with Crippen molar-refractivity contribution in [2.45, 2.75) is 12.8 Å². The second-order valence-electron chi connectivity index (χ2n) is 3.85. The smallest absolute Gasteiger partial charge is 0.115 e. The zero-order chi connectivity index (χ0) is 11.2. The van der Waals surface area contributed by atoms with Crippen LogP contribution in [0.15, 0.2) is 54.6 Å². The van der Waals surface area contributed by atoms with E-state index in [9.17, 15) is 0 Å². The number of benzene rings is 2. The maximum absolute atomic E-state index is 9.15. The Labute approximate surface area is 96.4 Å². The molecule has 0 aliphatic carbocycles. The minimum Gasteiger partial charge on any atom is -0.508 e. The van der Waals surface area contributed by atoms with Crippen LogP contribution in [0.5, 0.6) is 5.75 Å². The number of hydrogen-bond acceptors (Lipinski definition) is 1. The van der Waals surface area contributed by atoms with Crippen LogP contribution in [0.3, 0.4) is 0 Å². The molecule has 1 radical (unpaired) electrons. The van der Waals surface area contributed by atoms with Gasteiger partial charge in [-0.25, -0.2) is 0 Å². The number of rotatable bonds is 4. The first kappa shape index (κ1) is 10.7. The molecule has 2 aromatic rings. The molecule has 81 valence electrons. The van der Waals surface area contributed by atoms with E-state index in [-0.39, 0.29) is 0 Å². The Morgan fingerprint density at radius 2 is 1.31 bits per heavy atom. The van der Waals surface area contributed by atoms with E-state index in [1.807, 2.05) is 18.2 Å². The predicted molar refractivity (Wildman–Crippen MR) is 66.3 cm³/mol. The second kappa shape index (κ2) is 5.36. The van der Waals surface area contributed by atoms with E-state index in [0.717, 1.165) is 12.8 Å². The molecule has 0 spiro atoms. The van der Waals surface area contributed by atoms with E-state index in [0.29, 0.717) is 5.75 Å². The third kappa shape index (κ3) is 3.13. The highest BCUT2D eigenvalue weighted by molar-refractivity contribution is 5.27. The Morgan fingerprint density at radius 3 is 1.94 bits per heavy atom. The molecule has 0 heterocycles. The van der Waals surface area contributed by atoms with E-state index >= 15 is 0 Å². The Bertz CT molecular complexity index is 417. The van der Waals surface area contributed by atoms with Crippen LogP contribution in [-0.4, -0.2) is 5.11 Å². The van der Waals surface area contributed by atoms with E-state index in [2.05, 4.69) is 30.7 Å². The highest BCUT2D eigenvalue weighted by atomic mass is 16.3. The van der Waals surface area contributed by atoms with Gasteiger partial charge in [0.05, 0.1) is 0 Å². The fourth-order valence-electron chi connectivity index (χ4n) is 1.65. The van der Waals surface area contributed by atoms with Gasteiger partial charge in [-0.05, 0) is 42.5 Å². The van der Waals surface area contributed by atoms with Crippen LogP contribution in [0.2, 0.25) is 0 Å². The van der Waals surface area contributed by atoms with E-state index < -0.39 is 0 Å². The van der Waals surface area contributed by atoms with Crippen molar-refractivity contribution in [3.63, 3.8) is 0 Å². The van der Waals surface area contributed by atoms with Gasteiger partial charge in [0.15, 0.2) is 0 Å². The Balaban J connectivity index is 1.82. The highest BCUT2D eigenvalue weighted by Gasteiger charge is 1.95. The monoisotopic (exact) mass is 211 g/mol. The van der Waals surface area contributed by atoms with Gasteiger partial charge in [0.25, 0.3) is 0 Å². The van der Waals surface area contributed by atoms with Gasteiger partial charge in [-0.1, -0.05) is 42.5 Å². The summed E-state index contributed by atoms with van der Waals surface area (Å²) < 4.78 is 0. The zero-order valence-corrected chi connectivity index (χ0v) is 9.13. The van der Waals surface area contributed by atoms with Gasteiger partial charge >= 0.3 is 0 Å². The van der Waals surface area contributed by atoms with Crippen molar-refractivity contribution in [3.8, 4) is 5.75 Å². The van der Waals surface area contributed by atoms with Gasteiger partial charge in [-0.2, -0.15) is 0 Å². The van der Waals surface area contributed by atoms with Gasteiger partial charge in [0, 0.05) is 0 Å². The third-order valence-corrected chi connectivity index (χ3v) is 2.54. The predicted octanol–water partition coefficient (Wildman–Crippen LogP) is 3.38. The summed E-state index contributed by atoms with van der Waals surface area (Å²) in [6, 6.07) is 17.8. The molecule has 1 nitrogen and oxygen atoms in total. The lowest BCUT2D eigenvalue weighted by Crippen LogP contribution is -1.90. The number of phenols is 1. The summed E-state index contributed by atoms with van der Waals surface area (Å²) in [7, 11) is 0. The van der Waals surface area contributed by atoms with Crippen LogP contribution < -0.4 is 0 Å². The van der Waals surface area contributed by atoms with Crippen LogP contribution in [0.4, 0.5) is 0 Å². The largest absolute Gasteiger partial charge is 0.508 e. The van der Waals surface area contributed by atoms with E-state index in [1.165, 1.54) is 11.1 Å². The van der Waals surface area contributed by atoms with Crippen molar-refractivity contribution >= 4 is 0 Å². The Morgan fingerprint density at radius 1 is 0.750 bits per heavy atom. The standard InChI is InChI=1S/C15H15O/c16-15-11-9-14(10-12-15)8-4-7-13-5-2-1-3-6-13/h1-6,9-12,16H,7-8H2. The molecule has 0 unspecified atom stereocenters. The van der Waals surface area contributed by atoms with Crippen molar-refractivity contribution < 1.29 is 5.11 Å². The van der Waals surface area contributed by atoms with Gasteiger partial charge in [0.1, 0.15) is 5.75 Å². The number of aromatic hydroxyl groups is 1. The van der Waals surface area contributed by atoms with Gasteiger partial charge in [-0.15, -0.1) is 0 Å². The third-order valence-electron chi connectivity index (χ3n) is 2.54. The minimum atomic E-state index is 0.326. The normalized spacial score (nSPS) is 10.2. The van der Waals surface area contributed by atoms with Crippen molar-refractivity contribution in [3.05, 3.63) is 72.1 Å². The van der Waals surface area contributed by atoms with Crippen LogP contribution >= 0.6 is 0 Å². The average molecular weight is 211 g/mol. The second-order valence-corrected chi connectivity index (χ2v) is 3.85. The average Bonchev–Trinajstić information content (AvgIpc) is 2.33. The van der Waals surface area contributed by atoms with Crippen LogP contribution in [0, 0.1) is 6.42 Å². The molecule has 0 atom stereocenters. The minimum absolute atomic E-state index is 0.326. The summed E-state index contributed by atoms with van der Waals surface area (Å²) in [6.07, 6.45) is 4.18. The van der Waals surface area contributed by atoms with E-state index in [1.54, 1.807) is 12.1 Å². The molecular formula is C15H15O. The molecule has 0 aliphatic heterocycles. The molecule has 0 saturated carbocycles. The molecule has 0 aliphatic rings. The summed E-state index contributed by atoms with van der Waals surface area (Å²) >= 11 is 0. The molecule has 0 fully saturated rings. The lowest BCUT2D eigenvalue weighted by molar-refractivity contribution is 0.475. The summed E-state index contributed by atoms with van der Waals surface area (Å²) in [4.78, 5) is 0. The van der Waals surface area contributed by atoms with Crippen molar-refractivity contribution in [1.29, 1.82) is 0 Å². The topological polar surface area (TPSA) is 20.2 Å². The fourth-order valence-corrected chi connectivity index (χ4v) is 1.65. The molecular weight excluding hydrogens is 196 g/mol. The molecule has 16 heavy (non-hydrogen) atoms. The lowest BCUT2D eigenvalue weighted by atomic mass is 10.0. The fraction of sp³-hybridized carbons (Fsp3) is 0.133. The molecule has 1 heteroatoms. The SMILES string of the molecule is Oc1ccc(C[CH]Cc2ccccc2)cc1. The van der Waals surface area contributed by atoms with Crippen LogP contribution in [0.25, 0.3) is 0 Å². The molecule has 1 N–H and O–H groups in total. The summed E-state index contributed by atoms with van der Waals surface area (Å²) in [5, 5.41) is 9.15. The first-order valence-corrected chi connectivity index (χ1v) is 5.48.